The molecule has 3 rings (SSSR count). The van der Waals surface area contributed by atoms with Crippen molar-refractivity contribution in [2.45, 2.75) is 18.7 Å². The molecular weight excluding hydrogens is 379 g/mol. The molecular formula is C18H20Cl2N2O2S. The van der Waals surface area contributed by atoms with Crippen molar-refractivity contribution < 1.29 is 8.42 Å². The molecule has 0 spiro atoms. The average molecular weight is 399 g/mol. The minimum absolute atomic E-state index is 0.339. The number of halogens is 2. The Bertz CT molecular complexity index is 892. The number of piperazine rings is 1. The minimum Gasteiger partial charge on any atom is -0.369 e. The van der Waals surface area contributed by atoms with E-state index in [1.54, 1.807) is 23.4 Å². The molecule has 0 N–H and O–H groups in total. The molecule has 7 heteroatoms. The van der Waals surface area contributed by atoms with Crippen molar-refractivity contribution in [2.24, 2.45) is 0 Å². The predicted molar refractivity (Wildman–Crippen MR) is 103 cm³/mol. The number of aryl methyl sites for hydroxylation is 2. The third-order valence-electron chi connectivity index (χ3n) is 4.49. The lowest BCUT2D eigenvalue weighted by Crippen LogP contribution is -2.48. The summed E-state index contributed by atoms with van der Waals surface area (Å²) in [7, 11) is -3.52. The molecule has 0 aromatic heterocycles. The largest absolute Gasteiger partial charge is 0.369 e. The number of rotatable bonds is 3. The van der Waals surface area contributed by atoms with E-state index in [0.717, 1.165) is 11.3 Å². The van der Waals surface area contributed by atoms with Crippen molar-refractivity contribution in [3.63, 3.8) is 0 Å². The fourth-order valence-electron chi connectivity index (χ4n) is 3.03. The zero-order chi connectivity index (χ0) is 18.2. The van der Waals surface area contributed by atoms with Crippen LogP contribution in [0.25, 0.3) is 0 Å². The van der Waals surface area contributed by atoms with Gasteiger partial charge in [-0.05, 0) is 55.3 Å². The molecule has 1 aliphatic rings. The first-order valence-corrected chi connectivity index (χ1v) is 10.3. The summed E-state index contributed by atoms with van der Waals surface area (Å²) in [6, 6.07) is 11.0. The van der Waals surface area contributed by atoms with Crippen LogP contribution in [-0.2, 0) is 10.0 Å². The van der Waals surface area contributed by atoms with Gasteiger partial charge in [-0.2, -0.15) is 4.31 Å². The Kier molecular flexibility index (Phi) is 5.30. The molecule has 0 bridgehead atoms. The highest BCUT2D eigenvalue weighted by atomic mass is 35.5. The topological polar surface area (TPSA) is 40.6 Å². The molecule has 1 aliphatic heterocycles. The quantitative estimate of drug-likeness (QED) is 0.780. The SMILES string of the molecule is Cc1cc(S(=O)(=O)N2CCN(c3cccc(Cl)c3)CC2)c(C)cc1Cl. The summed E-state index contributed by atoms with van der Waals surface area (Å²) in [6.45, 7) is 5.74. The first-order valence-electron chi connectivity index (χ1n) is 8.06. The van der Waals surface area contributed by atoms with Crippen molar-refractivity contribution in [2.75, 3.05) is 31.1 Å². The van der Waals surface area contributed by atoms with E-state index in [2.05, 4.69) is 4.90 Å². The molecule has 0 radical (unpaired) electrons. The number of sulfonamides is 1. The standard InChI is InChI=1S/C18H20Cl2N2O2S/c1-13-11-18(14(2)10-17(13)20)25(23,24)22-8-6-21(7-9-22)16-5-3-4-15(19)12-16/h3-5,10-12H,6-9H2,1-2H3. The summed E-state index contributed by atoms with van der Waals surface area (Å²) >= 11 is 12.1. The maximum absolute atomic E-state index is 13.0. The molecule has 134 valence electrons. The first-order chi connectivity index (χ1) is 11.8. The Balaban J connectivity index is 1.79. The van der Waals surface area contributed by atoms with Crippen molar-refractivity contribution in [3.8, 4) is 0 Å². The summed E-state index contributed by atoms with van der Waals surface area (Å²) < 4.78 is 27.6. The third kappa shape index (κ3) is 3.80. The smallest absolute Gasteiger partial charge is 0.243 e. The second-order valence-corrected chi connectivity index (χ2v) is 8.99. The molecule has 1 heterocycles. The van der Waals surface area contributed by atoms with Crippen LogP contribution < -0.4 is 4.90 Å². The number of nitrogens with zero attached hydrogens (tertiary/aromatic N) is 2. The van der Waals surface area contributed by atoms with E-state index in [0.29, 0.717) is 46.7 Å². The number of hydrogen-bond acceptors (Lipinski definition) is 3. The van der Waals surface area contributed by atoms with Crippen LogP contribution >= 0.6 is 23.2 Å². The monoisotopic (exact) mass is 398 g/mol. The zero-order valence-corrected chi connectivity index (χ0v) is 16.5. The molecule has 0 aliphatic carbocycles. The van der Waals surface area contributed by atoms with Crippen LogP contribution in [0, 0.1) is 13.8 Å². The molecule has 1 fully saturated rings. The number of hydrogen-bond donors (Lipinski definition) is 0. The van der Waals surface area contributed by atoms with E-state index in [4.69, 9.17) is 23.2 Å². The number of benzene rings is 2. The van der Waals surface area contributed by atoms with E-state index in [1.165, 1.54) is 0 Å². The molecule has 4 nitrogen and oxygen atoms in total. The molecule has 0 saturated carbocycles. The van der Waals surface area contributed by atoms with E-state index in [-0.39, 0.29) is 0 Å². The van der Waals surface area contributed by atoms with Gasteiger partial charge < -0.3 is 4.90 Å². The summed E-state index contributed by atoms with van der Waals surface area (Å²) in [5.74, 6) is 0. The zero-order valence-electron chi connectivity index (χ0n) is 14.2. The Labute approximate surface area is 159 Å². The van der Waals surface area contributed by atoms with Crippen LogP contribution in [0.4, 0.5) is 5.69 Å². The van der Waals surface area contributed by atoms with Gasteiger partial charge in [0.1, 0.15) is 0 Å². The average Bonchev–Trinajstić information content (AvgIpc) is 2.58. The van der Waals surface area contributed by atoms with Gasteiger partial charge in [0.25, 0.3) is 0 Å². The highest BCUT2D eigenvalue weighted by Gasteiger charge is 2.30. The van der Waals surface area contributed by atoms with E-state index in [9.17, 15) is 8.42 Å². The number of anilines is 1. The van der Waals surface area contributed by atoms with Gasteiger partial charge in [-0.25, -0.2) is 8.42 Å². The van der Waals surface area contributed by atoms with Gasteiger partial charge in [0.05, 0.1) is 4.90 Å². The summed E-state index contributed by atoms with van der Waals surface area (Å²) in [6.07, 6.45) is 0. The maximum Gasteiger partial charge on any atom is 0.243 e. The van der Waals surface area contributed by atoms with Crippen molar-refractivity contribution >= 4 is 38.9 Å². The summed E-state index contributed by atoms with van der Waals surface area (Å²) in [4.78, 5) is 2.49. The van der Waals surface area contributed by atoms with Crippen molar-refractivity contribution in [1.82, 2.24) is 4.31 Å². The Morgan fingerprint density at radius 1 is 0.920 bits per heavy atom. The molecule has 2 aromatic rings. The van der Waals surface area contributed by atoms with Crippen molar-refractivity contribution in [1.29, 1.82) is 0 Å². The minimum atomic E-state index is -3.52. The van der Waals surface area contributed by atoms with Crippen LogP contribution in [0.1, 0.15) is 11.1 Å². The van der Waals surface area contributed by atoms with Crippen LogP contribution in [-0.4, -0.2) is 38.9 Å². The van der Waals surface area contributed by atoms with Crippen LogP contribution in [0.2, 0.25) is 10.0 Å². The Morgan fingerprint density at radius 3 is 2.24 bits per heavy atom. The third-order valence-corrected chi connectivity index (χ3v) is 7.17. The molecule has 1 saturated heterocycles. The summed E-state index contributed by atoms with van der Waals surface area (Å²) in [5, 5.41) is 1.27. The lowest BCUT2D eigenvalue weighted by atomic mass is 10.2. The highest BCUT2D eigenvalue weighted by Crippen LogP contribution is 2.28. The fourth-order valence-corrected chi connectivity index (χ4v) is 5.15. The van der Waals surface area contributed by atoms with E-state index in [1.807, 2.05) is 31.2 Å². The Hall–Kier alpha value is -1.27. The summed E-state index contributed by atoms with van der Waals surface area (Å²) in [5.41, 5.74) is 2.46. The molecule has 0 unspecified atom stereocenters. The highest BCUT2D eigenvalue weighted by molar-refractivity contribution is 7.89. The van der Waals surface area contributed by atoms with E-state index >= 15 is 0 Å². The second-order valence-electron chi connectivity index (χ2n) is 6.24. The van der Waals surface area contributed by atoms with Crippen LogP contribution in [0.15, 0.2) is 41.3 Å². The molecule has 25 heavy (non-hydrogen) atoms. The second kappa shape index (κ2) is 7.16. The van der Waals surface area contributed by atoms with E-state index < -0.39 is 10.0 Å². The Morgan fingerprint density at radius 2 is 1.60 bits per heavy atom. The van der Waals surface area contributed by atoms with Gasteiger partial charge in [-0.15, -0.1) is 0 Å². The lowest BCUT2D eigenvalue weighted by molar-refractivity contribution is 0.384. The van der Waals surface area contributed by atoms with Crippen LogP contribution in [0.5, 0.6) is 0 Å². The van der Waals surface area contributed by atoms with Gasteiger partial charge in [0.15, 0.2) is 0 Å². The van der Waals surface area contributed by atoms with Gasteiger partial charge in [0, 0.05) is 41.9 Å². The first kappa shape index (κ1) is 18.5. The van der Waals surface area contributed by atoms with Gasteiger partial charge in [-0.1, -0.05) is 29.3 Å². The van der Waals surface area contributed by atoms with Crippen molar-refractivity contribution in [3.05, 3.63) is 57.6 Å². The molecule has 0 amide bonds. The normalized spacial score (nSPS) is 16.2. The lowest BCUT2D eigenvalue weighted by Gasteiger charge is -2.35. The van der Waals surface area contributed by atoms with Crippen LogP contribution in [0.3, 0.4) is 0 Å². The van der Waals surface area contributed by atoms with Gasteiger partial charge in [-0.3, -0.25) is 0 Å². The fraction of sp³-hybridized carbons (Fsp3) is 0.333. The molecule has 2 aromatic carbocycles. The maximum atomic E-state index is 13.0. The van der Waals surface area contributed by atoms with Gasteiger partial charge >= 0.3 is 0 Å². The predicted octanol–water partition coefficient (Wildman–Crippen LogP) is 4.12. The molecule has 0 atom stereocenters. The van der Waals surface area contributed by atoms with Gasteiger partial charge in [0.2, 0.25) is 10.0 Å².